The summed E-state index contributed by atoms with van der Waals surface area (Å²) >= 11 is 12.4. The van der Waals surface area contributed by atoms with Crippen molar-refractivity contribution in [2.24, 2.45) is 0 Å². The molecular formula is C20H18Cl2N8O. The second-order valence-electron chi connectivity index (χ2n) is 8.11. The summed E-state index contributed by atoms with van der Waals surface area (Å²) in [6.45, 7) is 4.28. The molecule has 0 spiro atoms. The number of hydrogen-bond acceptors (Lipinski definition) is 6. The molecule has 1 amide bonds. The quantitative estimate of drug-likeness (QED) is 0.502. The number of anilines is 1. The van der Waals surface area contributed by atoms with Crippen molar-refractivity contribution in [2.45, 2.75) is 38.0 Å². The molecular weight excluding hydrogens is 439 g/mol. The van der Waals surface area contributed by atoms with Gasteiger partial charge in [-0.1, -0.05) is 37.0 Å². The maximum Gasteiger partial charge on any atom is 0.232 e. The molecule has 4 aromatic rings. The highest BCUT2D eigenvalue weighted by atomic mass is 35.5. The van der Waals surface area contributed by atoms with E-state index in [-0.39, 0.29) is 17.2 Å². The van der Waals surface area contributed by atoms with E-state index in [0.29, 0.717) is 33.7 Å². The van der Waals surface area contributed by atoms with Crippen molar-refractivity contribution >= 4 is 40.4 Å². The van der Waals surface area contributed by atoms with E-state index in [0.717, 1.165) is 17.7 Å². The molecule has 1 aliphatic rings. The Morgan fingerprint density at radius 1 is 1.16 bits per heavy atom. The van der Waals surface area contributed by atoms with Crippen molar-refractivity contribution < 1.29 is 4.79 Å². The molecule has 0 bridgehead atoms. The third kappa shape index (κ3) is 3.43. The van der Waals surface area contributed by atoms with Gasteiger partial charge in [-0.25, -0.2) is 14.5 Å². The van der Waals surface area contributed by atoms with Gasteiger partial charge in [0.15, 0.2) is 16.6 Å². The Labute approximate surface area is 187 Å². The molecule has 1 N–H and O–H groups in total. The maximum atomic E-state index is 13.2. The number of nitrogens with one attached hydrogen (secondary N) is 1. The summed E-state index contributed by atoms with van der Waals surface area (Å²) in [6, 6.07) is 3.35. The van der Waals surface area contributed by atoms with Crippen molar-refractivity contribution in [3.8, 4) is 5.82 Å². The molecule has 0 unspecified atom stereocenters. The molecule has 0 fully saturated rings. The van der Waals surface area contributed by atoms with Crippen LogP contribution in [0.5, 0.6) is 0 Å². The van der Waals surface area contributed by atoms with Crippen LogP contribution in [-0.4, -0.2) is 40.5 Å². The van der Waals surface area contributed by atoms with E-state index in [2.05, 4.69) is 44.4 Å². The lowest BCUT2D eigenvalue weighted by molar-refractivity contribution is -0.118. The Bertz CT molecular complexity index is 1300. The number of carbonyl (C=O) groups excluding carboxylic acids is 1. The van der Waals surface area contributed by atoms with Gasteiger partial charge in [0.05, 0.1) is 40.9 Å². The Morgan fingerprint density at radius 2 is 1.94 bits per heavy atom. The van der Waals surface area contributed by atoms with E-state index in [1.807, 2.05) is 0 Å². The number of rotatable bonds is 3. The van der Waals surface area contributed by atoms with E-state index in [4.69, 9.17) is 23.2 Å². The highest BCUT2D eigenvalue weighted by molar-refractivity contribution is 6.32. The molecule has 4 aromatic heterocycles. The molecule has 0 saturated carbocycles. The van der Waals surface area contributed by atoms with Gasteiger partial charge in [0.1, 0.15) is 0 Å². The Kier molecular flexibility index (Phi) is 4.67. The van der Waals surface area contributed by atoms with Crippen molar-refractivity contribution in [1.29, 1.82) is 0 Å². The second-order valence-corrected chi connectivity index (χ2v) is 8.91. The minimum atomic E-state index is -0.380. The summed E-state index contributed by atoms with van der Waals surface area (Å²) in [5.41, 5.74) is 2.78. The SMILES string of the molecule is CC1(C)CC[C@H](C(=O)Nc2cnc(-n3nccn3)c(Cl)c2)c2cnc3cc(Cl)nn3c21. The van der Waals surface area contributed by atoms with Crippen LogP contribution in [-0.2, 0) is 10.2 Å². The fourth-order valence-corrected chi connectivity index (χ4v) is 4.52. The van der Waals surface area contributed by atoms with Gasteiger partial charge in [-0.2, -0.15) is 15.3 Å². The van der Waals surface area contributed by atoms with Crippen molar-refractivity contribution in [1.82, 2.24) is 34.6 Å². The van der Waals surface area contributed by atoms with E-state index < -0.39 is 0 Å². The van der Waals surface area contributed by atoms with Gasteiger partial charge in [-0.05, 0) is 18.9 Å². The number of hydrogen-bond donors (Lipinski definition) is 1. The van der Waals surface area contributed by atoms with Gasteiger partial charge >= 0.3 is 0 Å². The zero-order valence-electron chi connectivity index (χ0n) is 16.8. The topological polar surface area (TPSA) is 103 Å². The number of amides is 1. The first-order chi connectivity index (χ1) is 14.8. The Hall–Kier alpha value is -3.04. The zero-order chi connectivity index (χ0) is 21.8. The summed E-state index contributed by atoms with van der Waals surface area (Å²) in [4.78, 5) is 23.3. The number of halogens is 2. The highest BCUT2D eigenvalue weighted by Gasteiger charge is 2.38. The molecule has 9 nitrogen and oxygen atoms in total. The first-order valence-corrected chi connectivity index (χ1v) is 10.5. The van der Waals surface area contributed by atoms with Gasteiger partial charge in [0, 0.05) is 23.2 Å². The van der Waals surface area contributed by atoms with Gasteiger partial charge in [0.2, 0.25) is 5.91 Å². The molecule has 0 aromatic carbocycles. The number of fused-ring (bicyclic) bond motifs is 3. The largest absolute Gasteiger partial charge is 0.324 e. The number of carbonyl (C=O) groups is 1. The lowest BCUT2D eigenvalue weighted by Crippen LogP contribution is -2.34. The minimum Gasteiger partial charge on any atom is -0.324 e. The molecule has 0 aliphatic heterocycles. The predicted octanol–water partition coefficient (Wildman–Crippen LogP) is 3.81. The van der Waals surface area contributed by atoms with Crippen LogP contribution in [0.15, 0.2) is 36.9 Å². The summed E-state index contributed by atoms with van der Waals surface area (Å²) in [6.07, 6.45) is 7.86. The van der Waals surface area contributed by atoms with Crippen LogP contribution in [0.4, 0.5) is 5.69 Å². The average Bonchev–Trinajstić information content (AvgIpc) is 3.36. The van der Waals surface area contributed by atoms with Crippen molar-refractivity contribution in [3.05, 3.63) is 58.4 Å². The van der Waals surface area contributed by atoms with E-state index in [1.54, 1.807) is 22.8 Å². The monoisotopic (exact) mass is 456 g/mol. The normalized spacial score (nSPS) is 17.5. The average molecular weight is 457 g/mol. The fraction of sp³-hybridized carbons (Fsp3) is 0.300. The van der Waals surface area contributed by atoms with Crippen LogP contribution < -0.4 is 5.32 Å². The highest BCUT2D eigenvalue weighted by Crippen LogP contribution is 2.43. The van der Waals surface area contributed by atoms with Crippen LogP contribution in [0.3, 0.4) is 0 Å². The predicted molar refractivity (Wildman–Crippen MR) is 116 cm³/mol. The summed E-state index contributed by atoms with van der Waals surface area (Å²) < 4.78 is 1.75. The zero-order valence-corrected chi connectivity index (χ0v) is 18.3. The summed E-state index contributed by atoms with van der Waals surface area (Å²) in [5.74, 6) is -0.148. The Balaban J connectivity index is 1.47. The third-order valence-electron chi connectivity index (χ3n) is 5.57. The summed E-state index contributed by atoms with van der Waals surface area (Å²) in [5, 5.41) is 16.1. The molecule has 158 valence electrons. The van der Waals surface area contributed by atoms with Gasteiger partial charge < -0.3 is 5.32 Å². The maximum absolute atomic E-state index is 13.2. The van der Waals surface area contributed by atoms with Gasteiger partial charge in [-0.15, -0.1) is 4.80 Å². The van der Waals surface area contributed by atoms with Crippen LogP contribution >= 0.6 is 23.2 Å². The number of pyridine rings is 1. The summed E-state index contributed by atoms with van der Waals surface area (Å²) in [7, 11) is 0. The lowest BCUT2D eigenvalue weighted by atomic mass is 9.71. The number of nitrogens with zero attached hydrogens (tertiary/aromatic N) is 7. The molecule has 11 heteroatoms. The molecule has 4 heterocycles. The van der Waals surface area contributed by atoms with Crippen LogP contribution in [0.25, 0.3) is 11.5 Å². The van der Waals surface area contributed by atoms with Crippen LogP contribution in [0, 0.1) is 0 Å². The standard InChI is InChI=1S/C20H18Cl2N8O/c1-20(2)4-3-12(13-10-23-16-8-15(22)28-29(16)17(13)20)19(31)27-11-7-14(21)18(24-9-11)30-25-5-6-26-30/h5-10,12H,3-4H2,1-2H3,(H,27,31)/t12-/m0/s1. The Morgan fingerprint density at radius 3 is 2.68 bits per heavy atom. The van der Waals surface area contributed by atoms with Gasteiger partial charge in [0.25, 0.3) is 0 Å². The van der Waals surface area contributed by atoms with Crippen LogP contribution in [0.1, 0.15) is 43.9 Å². The first-order valence-electron chi connectivity index (χ1n) is 9.71. The smallest absolute Gasteiger partial charge is 0.232 e. The molecule has 1 aliphatic carbocycles. The molecule has 5 rings (SSSR count). The van der Waals surface area contributed by atoms with Gasteiger partial charge in [-0.3, -0.25) is 4.79 Å². The molecule has 31 heavy (non-hydrogen) atoms. The van der Waals surface area contributed by atoms with Crippen LogP contribution in [0.2, 0.25) is 10.2 Å². The number of aromatic nitrogens is 7. The van der Waals surface area contributed by atoms with E-state index in [9.17, 15) is 4.79 Å². The first kappa shape index (κ1) is 19.9. The molecule has 0 radical (unpaired) electrons. The minimum absolute atomic E-state index is 0.154. The van der Waals surface area contributed by atoms with E-state index >= 15 is 0 Å². The van der Waals surface area contributed by atoms with Crippen molar-refractivity contribution in [2.75, 3.05) is 5.32 Å². The fourth-order valence-electron chi connectivity index (χ4n) is 4.10. The van der Waals surface area contributed by atoms with Crippen molar-refractivity contribution in [3.63, 3.8) is 0 Å². The second kappa shape index (κ2) is 7.28. The van der Waals surface area contributed by atoms with E-state index in [1.165, 1.54) is 23.4 Å². The molecule has 0 saturated heterocycles. The lowest BCUT2D eigenvalue weighted by Gasteiger charge is -2.36. The third-order valence-corrected chi connectivity index (χ3v) is 6.03. The molecule has 1 atom stereocenters.